The molecule has 0 radical (unpaired) electrons. The van der Waals surface area contributed by atoms with Gasteiger partial charge in [-0.25, -0.2) is 0 Å². The minimum Gasteiger partial charge on any atom is -0.310 e. The summed E-state index contributed by atoms with van der Waals surface area (Å²) in [6.45, 7) is 7.53. The van der Waals surface area contributed by atoms with Crippen LogP contribution in [0.5, 0.6) is 0 Å². The van der Waals surface area contributed by atoms with Crippen molar-refractivity contribution in [1.29, 1.82) is 0 Å². The average Bonchev–Trinajstić information content (AvgIpc) is 3.00. The molecule has 0 aliphatic heterocycles. The Morgan fingerprint density at radius 2 is 2.10 bits per heavy atom. The van der Waals surface area contributed by atoms with Gasteiger partial charge in [-0.05, 0) is 44.0 Å². The summed E-state index contributed by atoms with van der Waals surface area (Å²) in [5.74, 6) is 0. The standard InChI is InChI=1S/C16H25N5/c1-4-8-17-16(14-6-9-18-19-12-14)11-15-7-10-21(20-15)13(3)5-2/h6-7,9-10,12-13,16-17H,4-5,8,11H2,1-3H3. The summed E-state index contributed by atoms with van der Waals surface area (Å²) in [5, 5.41) is 16.1. The molecule has 0 aromatic carbocycles. The van der Waals surface area contributed by atoms with E-state index in [1.807, 2.05) is 12.3 Å². The highest BCUT2D eigenvalue weighted by molar-refractivity contribution is 5.15. The number of hydrogen-bond acceptors (Lipinski definition) is 4. The van der Waals surface area contributed by atoms with Gasteiger partial charge in [0.05, 0.1) is 11.9 Å². The van der Waals surface area contributed by atoms with Crippen molar-refractivity contribution in [2.75, 3.05) is 6.54 Å². The Kier molecular flexibility index (Phi) is 5.87. The Labute approximate surface area is 126 Å². The molecule has 0 spiro atoms. The third-order valence-electron chi connectivity index (χ3n) is 3.77. The molecule has 21 heavy (non-hydrogen) atoms. The molecular weight excluding hydrogens is 262 g/mol. The lowest BCUT2D eigenvalue weighted by atomic mass is 10.0. The summed E-state index contributed by atoms with van der Waals surface area (Å²) >= 11 is 0. The average molecular weight is 287 g/mol. The number of rotatable bonds is 8. The third-order valence-corrected chi connectivity index (χ3v) is 3.77. The van der Waals surface area contributed by atoms with E-state index in [0.717, 1.165) is 37.1 Å². The zero-order valence-corrected chi connectivity index (χ0v) is 13.2. The van der Waals surface area contributed by atoms with Crippen LogP contribution >= 0.6 is 0 Å². The lowest BCUT2D eigenvalue weighted by Gasteiger charge is -2.17. The maximum absolute atomic E-state index is 4.70. The molecule has 5 heteroatoms. The lowest BCUT2D eigenvalue weighted by Crippen LogP contribution is -2.24. The summed E-state index contributed by atoms with van der Waals surface area (Å²) in [5.41, 5.74) is 2.28. The predicted molar refractivity (Wildman–Crippen MR) is 84.0 cm³/mol. The van der Waals surface area contributed by atoms with Crippen LogP contribution in [0.25, 0.3) is 0 Å². The van der Waals surface area contributed by atoms with Gasteiger partial charge in [0.15, 0.2) is 0 Å². The van der Waals surface area contributed by atoms with Crippen LogP contribution in [0.3, 0.4) is 0 Å². The van der Waals surface area contributed by atoms with Crippen LogP contribution in [0.1, 0.15) is 57.0 Å². The number of hydrogen-bond donors (Lipinski definition) is 1. The van der Waals surface area contributed by atoms with Gasteiger partial charge in [0.25, 0.3) is 0 Å². The summed E-state index contributed by atoms with van der Waals surface area (Å²) in [7, 11) is 0. The van der Waals surface area contributed by atoms with Gasteiger partial charge in [0, 0.05) is 30.9 Å². The van der Waals surface area contributed by atoms with Crippen LogP contribution in [-0.4, -0.2) is 26.5 Å². The van der Waals surface area contributed by atoms with Crippen molar-refractivity contribution >= 4 is 0 Å². The molecule has 0 amide bonds. The minimum atomic E-state index is 0.237. The Morgan fingerprint density at radius 1 is 1.24 bits per heavy atom. The summed E-state index contributed by atoms with van der Waals surface area (Å²) in [6, 6.07) is 4.82. The first-order valence-electron chi connectivity index (χ1n) is 7.78. The fourth-order valence-electron chi connectivity index (χ4n) is 2.26. The minimum absolute atomic E-state index is 0.237. The molecule has 2 unspecified atom stereocenters. The van der Waals surface area contributed by atoms with Crippen molar-refractivity contribution < 1.29 is 0 Å². The second-order valence-electron chi connectivity index (χ2n) is 5.43. The normalized spacial score (nSPS) is 14.0. The van der Waals surface area contributed by atoms with Crippen LogP contribution in [0.2, 0.25) is 0 Å². The number of nitrogens with zero attached hydrogens (tertiary/aromatic N) is 4. The van der Waals surface area contributed by atoms with Crippen molar-refractivity contribution in [3.8, 4) is 0 Å². The molecule has 114 valence electrons. The van der Waals surface area contributed by atoms with E-state index < -0.39 is 0 Å². The molecule has 5 nitrogen and oxygen atoms in total. The van der Waals surface area contributed by atoms with Crippen LogP contribution < -0.4 is 5.32 Å². The van der Waals surface area contributed by atoms with Crippen molar-refractivity contribution in [3.63, 3.8) is 0 Å². The molecule has 0 aliphatic rings. The van der Waals surface area contributed by atoms with E-state index in [1.165, 1.54) is 0 Å². The zero-order valence-electron chi connectivity index (χ0n) is 13.2. The van der Waals surface area contributed by atoms with Gasteiger partial charge < -0.3 is 5.32 Å². The summed E-state index contributed by atoms with van der Waals surface area (Å²) in [4.78, 5) is 0. The van der Waals surface area contributed by atoms with Crippen LogP contribution in [0, 0.1) is 0 Å². The molecular formula is C16H25N5. The lowest BCUT2D eigenvalue weighted by molar-refractivity contribution is 0.465. The first kappa shape index (κ1) is 15.6. The third kappa shape index (κ3) is 4.36. The van der Waals surface area contributed by atoms with Gasteiger partial charge in [-0.3, -0.25) is 4.68 Å². The summed E-state index contributed by atoms with van der Waals surface area (Å²) in [6.07, 6.45) is 8.72. The van der Waals surface area contributed by atoms with Crippen molar-refractivity contribution in [1.82, 2.24) is 25.3 Å². The van der Waals surface area contributed by atoms with Crippen LogP contribution in [0.15, 0.2) is 30.7 Å². The van der Waals surface area contributed by atoms with Gasteiger partial charge in [-0.2, -0.15) is 15.3 Å². The highest BCUT2D eigenvalue weighted by atomic mass is 15.3. The first-order chi connectivity index (χ1) is 10.2. The highest BCUT2D eigenvalue weighted by Gasteiger charge is 2.14. The highest BCUT2D eigenvalue weighted by Crippen LogP contribution is 2.17. The molecule has 2 heterocycles. The van der Waals surface area contributed by atoms with Crippen molar-refractivity contribution in [2.24, 2.45) is 0 Å². The van der Waals surface area contributed by atoms with Crippen LogP contribution in [-0.2, 0) is 6.42 Å². The van der Waals surface area contributed by atoms with Crippen molar-refractivity contribution in [3.05, 3.63) is 42.0 Å². The smallest absolute Gasteiger partial charge is 0.0643 e. The van der Waals surface area contributed by atoms with Crippen LogP contribution in [0.4, 0.5) is 0 Å². The second-order valence-corrected chi connectivity index (χ2v) is 5.43. The second kappa shape index (κ2) is 7.88. The van der Waals surface area contributed by atoms with Gasteiger partial charge in [-0.15, -0.1) is 0 Å². The van der Waals surface area contributed by atoms with E-state index in [4.69, 9.17) is 5.10 Å². The number of aromatic nitrogens is 4. The van der Waals surface area contributed by atoms with Gasteiger partial charge in [0.1, 0.15) is 0 Å². The Morgan fingerprint density at radius 3 is 2.76 bits per heavy atom. The van der Waals surface area contributed by atoms with Crippen molar-refractivity contribution in [2.45, 2.75) is 52.1 Å². The molecule has 2 aromatic heterocycles. The maximum atomic E-state index is 4.70. The Balaban J connectivity index is 2.09. The molecule has 1 N–H and O–H groups in total. The maximum Gasteiger partial charge on any atom is 0.0643 e. The van der Waals surface area contributed by atoms with E-state index in [2.05, 4.69) is 53.2 Å². The molecule has 0 fully saturated rings. The number of nitrogens with one attached hydrogen (secondary N) is 1. The molecule has 0 saturated carbocycles. The Bertz CT molecular complexity index is 522. The fraction of sp³-hybridized carbons (Fsp3) is 0.562. The Hall–Kier alpha value is -1.75. The van der Waals surface area contributed by atoms with E-state index in [0.29, 0.717) is 6.04 Å². The zero-order chi connectivity index (χ0) is 15.1. The molecule has 0 saturated heterocycles. The van der Waals surface area contributed by atoms with E-state index in [9.17, 15) is 0 Å². The largest absolute Gasteiger partial charge is 0.310 e. The SMILES string of the molecule is CCCNC(Cc1ccn(C(C)CC)n1)c1ccnnc1. The summed E-state index contributed by atoms with van der Waals surface area (Å²) < 4.78 is 2.05. The molecule has 2 aromatic rings. The van der Waals surface area contributed by atoms with Gasteiger partial charge in [0.2, 0.25) is 0 Å². The van der Waals surface area contributed by atoms with Gasteiger partial charge in [-0.1, -0.05) is 13.8 Å². The molecule has 2 atom stereocenters. The van der Waals surface area contributed by atoms with E-state index in [-0.39, 0.29) is 6.04 Å². The van der Waals surface area contributed by atoms with Gasteiger partial charge >= 0.3 is 0 Å². The fourth-order valence-corrected chi connectivity index (χ4v) is 2.26. The van der Waals surface area contributed by atoms with E-state index in [1.54, 1.807) is 6.20 Å². The van der Waals surface area contributed by atoms with E-state index >= 15 is 0 Å². The molecule has 2 rings (SSSR count). The quantitative estimate of drug-likeness (QED) is 0.811. The topological polar surface area (TPSA) is 55.6 Å². The first-order valence-corrected chi connectivity index (χ1v) is 7.78. The molecule has 0 aliphatic carbocycles. The molecule has 0 bridgehead atoms. The monoisotopic (exact) mass is 287 g/mol. The predicted octanol–water partition coefficient (Wildman–Crippen LogP) is 2.93.